The lowest BCUT2D eigenvalue weighted by molar-refractivity contribution is 0.417. The van der Waals surface area contributed by atoms with Crippen LogP contribution in [0.15, 0.2) is 40.2 Å². The molecule has 0 unspecified atom stereocenters. The maximum absolute atomic E-state index is 12.3. The molecule has 0 saturated heterocycles. The Bertz CT molecular complexity index is 833. The van der Waals surface area contributed by atoms with Crippen molar-refractivity contribution in [1.29, 1.82) is 0 Å². The molecule has 0 spiro atoms. The fourth-order valence-electron chi connectivity index (χ4n) is 1.56. The van der Waals surface area contributed by atoms with E-state index in [4.69, 9.17) is 27.9 Å². The van der Waals surface area contributed by atoms with Crippen LogP contribution in [0.5, 0.6) is 5.75 Å². The first-order valence-electron chi connectivity index (χ1n) is 5.58. The smallest absolute Gasteiger partial charge is 0.266 e. The summed E-state index contributed by atoms with van der Waals surface area (Å²) in [5, 5.41) is 0.115. The van der Waals surface area contributed by atoms with E-state index in [1.54, 1.807) is 6.07 Å². The number of H-pyrrole nitrogens is 1. The lowest BCUT2D eigenvalue weighted by atomic mass is 10.3. The quantitative estimate of drug-likeness (QED) is 0.888. The monoisotopic (exact) mass is 348 g/mol. The average molecular weight is 349 g/mol. The number of benzene rings is 1. The number of sulfonamides is 1. The highest BCUT2D eigenvalue weighted by Crippen LogP contribution is 2.29. The number of pyridine rings is 1. The molecule has 1 heterocycles. The number of hydrogen-bond acceptors (Lipinski definition) is 4. The molecule has 6 nitrogen and oxygen atoms in total. The molecule has 2 rings (SSSR count). The number of methoxy groups -OCH3 is 1. The second-order valence-electron chi connectivity index (χ2n) is 3.96. The van der Waals surface area contributed by atoms with Crippen molar-refractivity contribution in [3.05, 3.63) is 50.9 Å². The predicted molar refractivity (Wildman–Crippen MR) is 80.9 cm³/mol. The molecular weight excluding hydrogens is 339 g/mol. The van der Waals surface area contributed by atoms with Gasteiger partial charge in [-0.2, -0.15) is 0 Å². The SMILES string of the molecule is COc1ccc(Cl)cc1NS(=O)(=O)c1c[nH]c(=O)c(Cl)c1. The van der Waals surface area contributed by atoms with Gasteiger partial charge in [0.2, 0.25) is 0 Å². The molecule has 0 amide bonds. The molecule has 0 aliphatic rings. The third-order valence-electron chi connectivity index (χ3n) is 2.55. The molecule has 0 fully saturated rings. The van der Waals surface area contributed by atoms with Crippen molar-refractivity contribution in [2.75, 3.05) is 11.8 Å². The van der Waals surface area contributed by atoms with E-state index in [-0.39, 0.29) is 15.6 Å². The minimum Gasteiger partial charge on any atom is -0.495 e. The second kappa shape index (κ2) is 5.97. The standard InChI is InChI=1S/C12H10Cl2N2O4S/c1-20-11-3-2-7(13)4-10(11)16-21(18,19)8-5-9(14)12(17)15-6-8/h2-6,16H,1H3,(H,15,17). The zero-order valence-corrected chi connectivity index (χ0v) is 13.0. The number of anilines is 1. The lowest BCUT2D eigenvalue weighted by Crippen LogP contribution is -2.16. The third kappa shape index (κ3) is 3.49. The number of hydrogen-bond donors (Lipinski definition) is 2. The van der Waals surface area contributed by atoms with Crippen molar-refractivity contribution in [2.45, 2.75) is 4.90 Å². The van der Waals surface area contributed by atoms with Crippen LogP contribution in [0, 0.1) is 0 Å². The number of ether oxygens (including phenoxy) is 1. The highest BCUT2D eigenvalue weighted by molar-refractivity contribution is 7.92. The summed E-state index contributed by atoms with van der Waals surface area (Å²) in [4.78, 5) is 13.2. The molecule has 2 aromatic rings. The lowest BCUT2D eigenvalue weighted by Gasteiger charge is -2.12. The number of aromatic amines is 1. The van der Waals surface area contributed by atoms with E-state index in [0.717, 1.165) is 12.3 Å². The second-order valence-corrected chi connectivity index (χ2v) is 6.49. The average Bonchev–Trinajstić information content (AvgIpc) is 2.41. The molecule has 1 aromatic carbocycles. The molecule has 0 bridgehead atoms. The summed E-state index contributed by atoms with van der Waals surface area (Å²) in [5.74, 6) is 0.304. The summed E-state index contributed by atoms with van der Waals surface area (Å²) in [6.45, 7) is 0. The van der Waals surface area contributed by atoms with Gasteiger partial charge in [-0.3, -0.25) is 9.52 Å². The van der Waals surface area contributed by atoms with Crippen LogP contribution >= 0.6 is 23.2 Å². The van der Waals surface area contributed by atoms with Gasteiger partial charge < -0.3 is 9.72 Å². The normalized spacial score (nSPS) is 11.2. The van der Waals surface area contributed by atoms with Crippen LogP contribution in [0.2, 0.25) is 10.0 Å². The maximum atomic E-state index is 12.3. The zero-order chi connectivity index (χ0) is 15.6. The number of nitrogens with one attached hydrogen (secondary N) is 2. The molecule has 112 valence electrons. The van der Waals surface area contributed by atoms with Gasteiger partial charge in [0.15, 0.2) is 0 Å². The first kappa shape index (κ1) is 15.7. The van der Waals surface area contributed by atoms with Crippen LogP contribution in [0.1, 0.15) is 0 Å². The fraction of sp³-hybridized carbons (Fsp3) is 0.0833. The highest BCUT2D eigenvalue weighted by atomic mass is 35.5. The number of halogens is 2. The minimum atomic E-state index is -3.95. The van der Waals surface area contributed by atoms with Crippen molar-refractivity contribution >= 4 is 38.9 Å². The van der Waals surface area contributed by atoms with Crippen molar-refractivity contribution < 1.29 is 13.2 Å². The number of rotatable bonds is 4. The van der Waals surface area contributed by atoms with Gasteiger partial charge in [-0.15, -0.1) is 0 Å². The molecule has 1 aromatic heterocycles. The zero-order valence-electron chi connectivity index (χ0n) is 10.7. The number of aromatic nitrogens is 1. The van der Waals surface area contributed by atoms with Gasteiger partial charge in [0.1, 0.15) is 15.7 Å². The van der Waals surface area contributed by atoms with Crippen LogP contribution in [0.3, 0.4) is 0 Å². The Labute approximate surface area is 130 Å². The summed E-state index contributed by atoms with van der Waals surface area (Å²) < 4.78 is 31.9. The van der Waals surface area contributed by atoms with Gasteiger partial charge in [-0.05, 0) is 24.3 Å². The summed E-state index contributed by atoms with van der Waals surface area (Å²) in [6, 6.07) is 5.56. The Kier molecular flexibility index (Phi) is 4.46. The van der Waals surface area contributed by atoms with Gasteiger partial charge in [0.05, 0.1) is 12.8 Å². The first-order valence-corrected chi connectivity index (χ1v) is 7.82. The van der Waals surface area contributed by atoms with Crippen LogP contribution in [0.25, 0.3) is 0 Å². The molecule has 21 heavy (non-hydrogen) atoms. The third-order valence-corrected chi connectivity index (χ3v) is 4.41. The van der Waals surface area contributed by atoms with E-state index in [1.807, 2.05) is 0 Å². The predicted octanol–water partition coefficient (Wildman–Crippen LogP) is 2.49. The summed E-state index contributed by atoms with van der Waals surface area (Å²) in [7, 11) is -2.54. The highest BCUT2D eigenvalue weighted by Gasteiger charge is 2.18. The van der Waals surface area contributed by atoms with Crippen LogP contribution in [0.4, 0.5) is 5.69 Å². The van der Waals surface area contributed by atoms with Crippen molar-refractivity contribution in [3.63, 3.8) is 0 Å². The van der Waals surface area contributed by atoms with Gasteiger partial charge in [-0.1, -0.05) is 23.2 Å². The molecule has 0 atom stereocenters. The molecule has 0 aliphatic carbocycles. The molecule has 9 heteroatoms. The Hall–Kier alpha value is -1.70. The maximum Gasteiger partial charge on any atom is 0.266 e. The fourth-order valence-corrected chi connectivity index (χ4v) is 3.02. The topological polar surface area (TPSA) is 88.3 Å². The van der Waals surface area contributed by atoms with Crippen LogP contribution in [-0.4, -0.2) is 20.5 Å². The van der Waals surface area contributed by atoms with E-state index in [2.05, 4.69) is 9.71 Å². The molecular formula is C12H10Cl2N2O4S. The van der Waals surface area contributed by atoms with Crippen LogP contribution in [-0.2, 0) is 10.0 Å². The van der Waals surface area contributed by atoms with Gasteiger partial charge in [0.25, 0.3) is 15.6 Å². The molecule has 2 N–H and O–H groups in total. The van der Waals surface area contributed by atoms with E-state index in [9.17, 15) is 13.2 Å². The Morgan fingerprint density at radius 1 is 1.24 bits per heavy atom. The summed E-state index contributed by atoms with van der Waals surface area (Å²) in [5.41, 5.74) is -0.400. The van der Waals surface area contributed by atoms with E-state index >= 15 is 0 Å². The van der Waals surface area contributed by atoms with Gasteiger partial charge >= 0.3 is 0 Å². The minimum absolute atomic E-state index is 0.173. The van der Waals surface area contributed by atoms with Crippen LogP contribution < -0.4 is 15.0 Å². The first-order chi connectivity index (χ1) is 9.83. The largest absolute Gasteiger partial charge is 0.495 e. The van der Waals surface area contributed by atoms with Crippen molar-refractivity contribution in [1.82, 2.24) is 4.98 Å². The summed E-state index contributed by atoms with van der Waals surface area (Å²) >= 11 is 11.5. The van der Waals surface area contributed by atoms with Crippen molar-refractivity contribution in [3.8, 4) is 5.75 Å². The Morgan fingerprint density at radius 3 is 2.57 bits per heavy atom. The van der Waals surface area contributed by atoms with E-state index in [0.29, 0.717) is 10.8 Å². The van der Waals surface area contributed by atoms with E-state index in [1.165, 1.54) is 19.2 Å². The van der Waals surface area contributed by atoms with Crippen molar-refractivity contribution in [2.24, 2.45) is 0 Å². The molecule has 0 saturated carbocycles. The Morgan fingerprint density at radius 2 is 1.95 bits per heavy atom. The Balaban J connectivity index is 2.44. The van der Waals surface area contributed by atoms with E-state index < -0.39 is 15.6 Å². The molecule has 0 aliphatic heterocycles. The van der Waals surface area contributed by atoms with Gasteiger partial charge in [-0.25, -0.2) is 8.42 Å². The van der Waals surface area contributed by atoms with Gasteiger partial charge in [0, 0.05) is 11.2 Å². The molecule has 0 radical (unpaired) electrons. The summed E-state index contributed by atoms with van der Waals surface area (Å²) in [6.07, 6.45) is 1.05.